The number of carbonyl (C=O) groups is 1. The van der Waals surface area contributed by atoms with Crippen molar-refractivity contribution in [3.8, 4) is 0 Å². The average molecular weight is 216 g/mol. The van der Waals surface area contributed by atoms with Crippen molar-refractivity contribution in [1.29, 1.82) is 0 Å². The van der Waals surface area contributed by atoms with Gasteiger partial charge in [0.05, 0.1) is 0 Å². The summed E-state index contributed by atoms with van der Waals surface area (Å²) in [5.41, 5.74) is -0.199. The Balaban J connectivity index is 3.38. The first-order chi connectivity index (χ1) is 6.97. The second-order valence-corrected chi connectivity index (χ2v) is 3.24. The van der Waals surface area contributed by atoms with Crippen LogP contribution in [-0.2, 0) is 6.42 Å². The van der Waals surface area contributed by atoms with Crippen LogP contribution in [-0.4, -0.2) is 5.78 Å². The van der Waals surface area contributed by atoms with Gasteiger partial charge in [0.2, 0.25) is 0 Å². The first-order valence-electron chi connectivity index (χ1n) is 4.58. The van der Waals surface area contributed by atoms with Crippen LogP contribution in [0.4, 0.5) is 13.2 Å². The van der Waals surface area contributed by atoms with Crippen molar-refractivity contribution < 1.29 is 18.0 Å². The van der Waals surface area contributed by atoms with E-state index in [1.807, 2.05) is 0 Å². The van der Waals surface area contributed by atoms with Crippen molar-refractivity contribution in [2.75, 3.05) is 0 Å². The second-order valence-electron chi connectivity index (χ2n) is 3.24. The molecule has 0 N–H and O–H groups in total. The number of carbonyl (C=O) groups excluding carboxylic acids is 1. The molecule has 82 valence electrons. The van der Waals surface area contributed by atoms with Gasteiger partial charge >= 0.3 is 0 Å². The zero-order chi connectivity index (χ0) is 11.6. The van der Waals surface area contributed by atoms with Crippen LogP contribution in [0.15, 0.2) is 12.1 Å². The summed E-state index contributed by atoms with van der Waals surface area (Å²) in [6.45, 7) is 2.91. The molecule has 1 nitrogen and oxygen atoms in total. The zero-order valence-corrected chi connectivity index (χ0v) is 8.48. The Morgan fingerprint density at radius 2 is 2.00 bits per heavy atom. The molecule has 0 aliphatic rings. The quantitative estimate of drug-likeness (QED) is 0.706. The highest BCUT2D eigenvalue weighted by Gasteiger charge is 2.16. The second kappa shape index (κ2) is 4.47. The minimum Gasteiger partial charge on any atom is -0.294 e. The Bertz CT molecular complexity index is 386. The number of alkyl halides is 2. The van der Waals surface area contributed by atoms with E-state index in [0.717, 1.165) is 12.1 Å². The summed E-state index contributed by atoms with van der Waals surface area (Å²) in [6.07, 6.45) is -2.45. The predicted molar refractivity (Wildman–Crippen MR) is 50.7 cm³/mol. The van der Waals surface area contributed by atoms with Crippen LogP contribution >= 0.6 is 0 Å². The Hall–Kier alpha value is -1.32. The van der Waals surface area contributed by atoms with Crippen molar-refractivity contribution in [3.63, 3.8) is 0 Å². The molecule has 0 spiro atoms. The summed E-state index contributed by atoms with van der Waals surface area (Å²) in [5, 5.41) is 0. The summed E-state index contributed by atoms with van der Waals surface area (Å²) in [6, 6.07) is 1.85. The summed E-state index contributed by atoms with van der Waals surface area (Å²) in [5.74, 6) is -1.13. The number of hydrogen-bond donors (Lipinski definition) is 0. The third kappa shape index (κ3) is 2.37. The van der Waals surface area contributed by atoms with E-state index < -0.39 is 23.6 Å². The molecule has 0 aliphatic heterocycles. The van der Waals surface area contributed by atoms with Gasteiger partial charge in [-0.25, -0.2) is 13.2 Å². The molecule has 0 fully saturated rings. The number of ketones is 1. The van der Waals surface area contributed by atoms with Crippen molar-refractivity contribution in [2.45, 2.75) is 26.7 Å². The lowest BCUT2D eigenvalue weighted by molar-refractivity contribution is 0.101. The lowest BCUT2D eigenvalue weighted by Gasteiger charge is -2.09. The van der Waals surface area contributed by atoms with Gasteiger partial charge in [-0.1, -0.05) is 6.92 Å². The molecule has 4 heteroatoms. The molecule has 0 aliphatic carbocycles. The van der Waals surface area contributed by atoms with Gasteiger partial charge in [0.1, 0.15) is 5.82 Å². The topological polar surface area (TPSA) is 17.1 Å². The molecule has 0 unspecified atom stereocenters. The van der Waals surface area contributed by atoms with Crippen LogP contribution < -0.4 is 0 Å². The monoisotopic (exact) mass is 216 g/mol. The molecule has 0 aromatic heterocycles. The van der Waals surface area contributed by atoms with Crippen LogP contribution in [0, 0.1) is 5.82 Å². The fraction of sp³-hybridized carbons (Fsp3) is 0.364. The van der Waals surface area contributed by atoms with Crippen molar-refractivity contribution >= 4 is 5.78 Å². The van der Waals surface area contributed by atoms with Gasteiger partial charge in [0.25, 0.3) is 6.43 Å². The summed E-state index contributed by atoms with van der Waals surface area (Å²) >= 11 is 0. The van der Waals surface area contributed by atoms with Gasteiger partial charge in [-0.15, -0.1) is 0 Å². The number of rotatable bonds is 3. The predicted octanol–water partition coefficient (Wildman–Crippen LogP) is 3.53. The molecule has 0 bridgehead atoms. The van der Waals surface area contributed by atoms with E-state index in [1.54, 1.807) is 6.92 Å². The molecule has 1 rings (SSSR count). The van der Waals surface area contributed by atoms with Crippen LogP contribution in [0.25, 0.3) is 0 Å². The standard InChI is InChI=1S/C11H11F3O/c1-3-8-9(6(2)15)4-7(11(13)14)5-10(8)12/h4-5,11H,3H2,1-2H3. The van der Waals surface area contributed by atoms with Crippen LogP contribution in [0.3, 0.4) is 0 Å². The molecular weight excluding hydrogens is 205 g/mol. The Kier molecular flexibility index (Phi) is 3.50. The minimum absolute atomic E-state index is 0.0489. The van der Waals surface area contributed by atoms with Crippen LogP contribution in [0.2, 0.25) is 0 Å². The third-order valence-corrected chi connectivity index (χ3v) is 2.20. The van der Waals surface area contributed by atoms with Crippen molar-refractivity contribution in [1.82, 2.24) is 0 Å². The lowest BCUT2D eigenvalue weighted by atomic mass is 9.98. The van der Waals surface area contributed by atoms with Crippen LogP contribution in [0.1, 0.15) is 41.8 Å². The molecule has 0 saturated heterocycles. The van der Waals surface area contributed by atoms with E-state index in [2.05, 4.69) is 0 Å². The average Bonchev–Trinajstić information content (AvgIpc) is 2.16. The van der Waals surface area contributed by atoms with E-state index in [4.69, 9.17) is 0 Å². The molecule has 1 aromatic rings. The molecule has 15 heavy (non-hydrogen) atoms. The van der Waals surface area contributed by atoms with Gasteiger partial charge in [-0.3, -0.25) is 4.79 Å². The third-order valence-electron chi connectivity index (χ3n) is 2.20. The van der Waals surface area contributed by atoms with Gasteiger partial charge in [0, 0.05) is 11.1 Å². The summed E-state index contributed by atoms with van der Waals surface area (Å²) in [7, 11) is 0. The molecule has 0 saturated carbocycles. The molecule has 0 amide bonds. The largest absolute Gasteiger partial charge is 0.294 e. The molecular formula is C11H11F3O. The van der Waals surface area contributed by atoms with E-state index in [9.17, 15) is 18.0 Å². The first-order valence-corrected chi connectivity index (χ1v) is 4.58. The number of benzene rings is 1. The SMILES string of the molecule is CCc1c(F)cc(C(F)F)cc1C(C)=O. The maximum absolute atomic E-state index is 13.3. The first kappa shape index (κ1) is 11.8. The number of halogens is 3. The fourth-order valence-electron chi connectivity index (χ4n) is 1.46. The highest BCUT2D eigenvalue weighted by atomic mass is 19.3. The maximum Gasteiger partial charge on any atom is 0.263 e. The van der Waals surface area contributed by atoms with Crippen molar-refractivity contribution in [2.24, 2.45) is 0 Å². The summed E-state index contributed by atoms with van der Waals surface area (Å²) in [4.78, 5) is 11.1. The number of hydrogen-bond acceptors (Lipinski definition) is 1. The maximum atomic E-state index is 13.3. The smallest absolute Gasteiger partial charge is 0.263 e. The molecule has 0 radical (unpaired) electrons. The van der Waals surface area contributed by atoms with E-state index in [-0.39, 0.29) is 11.1 Å². The molecule has 0 atom stereocenters. The van der Waals surface area contributed by atoms with E-state index >= 15 is 0 Å². The van der Waals surface area contributed by atoms with Crippen molar-refractivity contribution in [3.05, 3.63) is 34.6 Å². The van der Waals surface area contributed by atoms with Gasteiger partial charge in [0.15, 0.2) is 5.78 Å². The Labute approximate surface area is 85.9 Å². The normalized spacial score (nSPS) is 10.8. The van der Waals surface area contributed by atoms with E-state index in [0.29, 0.717) is 6.42 Å². The Morgan fingerprint density at radius 3 is 2.40 bits per heavy atom. The van der Waals surface area contributed by atoms with Gasteiger partial charge in [-0.2, -0.15) is 0 Å². The lowest BCUT2D eigenvalue weighted by Crippen LogP contribution is -2.04. The zero-order valence-electron chi connectivity index (χ0n) is 8.48. The minimum atomic E-state index is -2.76. The van der Waals surface area contributed by atoms with E-state index in [1.165, 1.54) is 6.92 Å². The highest BCUT2D eigenvalue weighted by molar-refractivity contribution is 5.95. The summed E-state index contributed by atoms with van der Waals surface area (Å²) < 4.78 is 38.0. The number of Topliss-reactive ketones (excluding diaryl/α,β-unsaturated/α-hetero) is 1. The highest BCUT2D eigenvalue weighted by Crippen LogP contribution is 2.25. The van der Waals surface area contributed by atoms with Gasteiger partial charge in [-0.05, 0) is 31.0 Å². The fourth-order valence-corrected chi connectivity index (χ4v) is 1.46. The van der Waals surface area contributed by atoms with Gasteiger partial charge < -0.3 is 0 Å². The molecule has 0 heterocycles. The van der Waals surface area contributed by atoms with Crippen LogP contribution in [0.5, 0.6) is 0 Å². The molecule has 1 aromatic carbocycles. The Morgan fingerprint density at radius 1 is 1.40 bits per heavy atom.